The second-order valence-electron chi connectivity index (χ2n) is 9.49. The third-order valence-electron chi connectivity index (χ3n) is 5.95. The van der Waals surface area contributed by atoms with E-state index < -0.39 is 18.0 Å². The van der Waals surface area contributed by atoms with Crippen molar-refractivity contribution in [3.05, 3.63) is 0 Å². The molecule has 0 bridgehead atoms. The van der Waals surface area contributed by atoms with E-state index in [0.717, 1.165) is 44.9 Å². The van der Waals surface area contributed by atoms with Crippen LogP contribution in [0.15, 0.2) is 0 Å². The molecule has 0 spiro atoms. The standard InChI is InChI=1S/C24H47N2O5P.C2H6S2.C2H6S.C2H6.H3NO/c27-22(25-20-16-15-17-21(26-32)24(30)31)18-13-11-9-7-5-3-1-2-4-6-8-10-12-14-19-23(28)29;1-3-4-2;1-3-2;2*1-2/h21,26H,1-20,32H2,(H,25,27)(H,28,29)(H,30,31);1-2H3;1-2H3;1-2H3;2H,1H2. The second kappa shape index (κ2) is 51.4. The van der Waals surface area contributed by atoms with Gasteiger partial charge in [-0.15, -0.1) is 0 Å². The van der Waals surface area contributed by atoms with Crippen molar-refractivity contribution in [3.63, 3.8) is 0 Å². The molecular weight excluding hydrogens is 626 g/mol. The Bertz CT molecular complexity index is 555. The Balaban J connectivity index is -0.000000379. The van der Waals surface area contributed by atoms with Crippen LogP contribution in [-0.4, -0.2) is 70.9 Å². The van der Waals surface area contributed by atoms with E-state index in [1.165, 1.54) is 57.8 Å². The molecule has 0 rings (SSSR count). The molecule has 0 radical (unpaired) electrons. The average molecular weight is 694 g/mol. The van der Waals surface area contributed by atoms with Gasteiger partial charge < -0.3 is 20.7 Å². The predicted octanol–water partition coefficient (Wildman–Crippen LogP) is 8.40. The molecule has 0 aliphatic heterocycles. The van der Waals surface area contributed by atoms with Crippen LogP contribution < -0.4 is 16.3 Å². The summed E-state index contributed by atoms with van der Waals surface area (Å²) >= 11 is 1.75. The Morgan fingerprint density at radius 1 is 0.651 bits per heavy atom. The van der Waals surface area contributed by atoms with Crippen LogP contribution in [0, 0.1) is 0 Å². The van der Waals surface area contributed by atoms with Gasteiger partial charge in [0, 0.05) is 19.4 Å². The summed E-state index contributed by atoms with van der Waals surface area (Å²) in [4.78, 5) is 33.1. The summed E-state index contributed by atoms with van der Waals surface area (Å²) in [6, 6.07) is -0.538. The van der Waals surface area contributed by atoms with Crippen molar-refractivity contribution in [2.45, 2.75) is 142 Å². The molecule has 13 heteroatoms. The first-order chi connectivity index (χ1) is 20.8. The molecule has 43 heavy (non-hydrogen) atoms. The highest BCUT2D eigenvalue weighted by Gasteiger charge is 2.13. The minimum Gasteiger partial charge on any atom is -0.481 e. The van der Waals surface area contributed by atoms with Crippen molar-refractivity contribution in [2.75, 3.05) is 31.6 Å². The first-order valence-corrected chi connectivity index (χ1v) is 20.9. The van der Waals surface area contributed by atoms with E-state index in [0.29, 0.717) is 25.8 Å². The number of unbranched alkanes of at least 4 members (excludes halogenated alkanes) is 14. The smallest absolute Gasteiger partial charge is 0.320 e. The van der Waals surface area contributed by atoms with Crippen LogP contribution in [0.5, 0.6) is 0 Å². The highest BCUT2D eigenvalue weighted by atomic mass is 33.1. The summed E-state index contributed by atoms with van der Waals surface area (Å²) in [5, 5.41) is 29.6. The Kier molecular flexibility index (Phi) is 62.5. The number of nitrogens with two attached hydrogens (primary N) is 1. The van der Waals surface area contributed by atoms with Gasteiger partial charge in [0.1, 0.15) is 6.04 Å². The van der Waals surface area contributed by atoms with Gasteiger partial charge in [0.25, 0.3) is 0 Å². The van der Waals surface area contributed by atoms with Crippen molar-refractivity contribution in [1.82, 2.24) is 10.4 Å². The molecule has 0 heterocycles. The molecule has 2 unspecified atom stereocenters. The largest absolute Gasteiger partial charge is 0.481 e. The van der Waals surface area contributed by atoms with E-state index >= 15 is 0 Å². The number of aliphatic carboxylic acids is 2. The quantitative estimate of drug-likeness (QED) is 0.0236. The Morgan fingerprint density at radius 3 is 1.30 bits per heavy atom. The van der Waals surface area contributed by atoms with E-state index in [2.05, 4.69) is 38.2 Å². The lowest BCUT2D eigenvalue weighted by molar-refractivity contribution is -0.139. The van der Waals surface area contributed by atoms with Gasteiger partial charge in [-0.3, -0.25) is 19.5 Å². The van der Waals surface area contributed by atoms with Crippen molar-refractivity contribution >= 4 is 60.6 Å². The zero-order chi connectivity index (χ0) is 34.0. The normalized spacial score (nSPS) is 10.3. The molecule has 0 fully saturated rings. The number of rotatable bonds is 25. The van der Waals surface area contributed by atoms with Crippen LogP contribution in [-0.2, 0) is 14.4 Å². The zero-order valence-electron chi connectivity index (χ0n) is 28.2. The molecule has 0 aromatic rings. The fraction of sp³-hybridized carbons (Fsp3) is 0.900. The molecule has 0 saturated carbocycles. The molecule has 262 valence electrons. The van der Waals surface area contributed by atoms with E-state index in [9.17, 15) is 14.4 Å². The van der Waals surface area contributed by atoms with Crippen molar-refractivity contribution in [3.8, 4) is 0 Å². The molecule has 2 atom stereocenters. The van der Waals surface area contributed by atoms with Gasteiger partial charge in [-0.1, -0.05) is 122 Å². The van der Waals surface area contributed by atoms with Crippen molar-refractivity contribution < 1.29 is 29.8 Å². The molecule has 7 N–H and O–H groups in total. The number of carbonyl (C=O) groups excluding carboxylic acids is 1. The number of amides is 1. The van der Waals surface area contributed by atoms with Crippen LogP contribution in [0.4, 0.5) is 0 Å². The first kappa shape index (κ1) is 52.3. The number of carboxylic acid groups (broad SMARTS) is 2. The van der Waals surface area contributed by atoms with Gasteiger partial charge in [-0.2, -0.15) is 11.8 Å². The number of nitrogens with one attached hydrogen (secondary N) is 2. The van der Waals surface area contributed by atoms with E-state index in [4.69, 9.17) is 15.4 Å². The van der Waals surface area contributed by atoms with Gasteiger partial charge in [0.05, 0.1) is 0 Å². The van der Waals surface area contributed by atoms with Gasteiger partial charge >= 0.3 is 11.9 Å². The summed E-state index contributed by atoms with van der Waals surface area (Å²) in [7, 11) is 5.79. The topological polar surface area (TPSA) is 162 Å². The minimum absolute atomic E-state index is 0.103. The molecule has 1 amide bonds. The molecular formula is C30H68N3O6PS3. The third kappa shape index (κ3) is 57.9. The maximum Gasteiger partial charge on any atom is 0.320 e. The number of thioether (sulfide) groups is 1. The van der Waals surface area contributed by atoms with Crippen molar-refractivity contribution in [1.29, 1.82) is 0 Å². The van der Waals surface area contributed by atoms with Crippen LogP contribution in [0.1, 0.15) is 136 Å². The van der Waals surface area contributed by atoms with E-state index in [1.54, 1.807) is 33.3 Å². The average Bonchev–Trinajstić information content (AvgIpc) is 3.00. The lowest BCUT2D eigenvalue weighted by Gasteiger charge is -2.10. The zero-order valence-corrected chi connectivity index (χ0v) is 31.8. The Labute approximate surface area is 279 Å². The summed E-state index contributed by atoms with van der Waals surface area (Å²) in [5.74, 6) is 2.07. The maximum atomic E-state index is 11.8. The highest BCUT2D eigenvalue weighted by molar-refractivity contribution is 8.76. The highest BCUT2D eigenvalue weighted by Crippen LogP contribution is 2.14. The number of carboxylic acids is 2. The van der Waals surface area contributed by atoms with Gasteiger partial charge in [-0.25, -0.2) is 5.90 Å². The van der Waals surface area contributed by atoms with Gasteiger partial charge in [-0.05, 0) is 57.1 Å². The van der Waals surface area contributed by atoms with Crippen LogP contribution >= 0.6 is 42.7 Å². The molecule has 0 aromatic carbocycles. The summed E-state index contributed by atoms with van der Waals surface area (Å²) in [5.41, 5.74) is 0. The van der Waals surface area contributed by atoms with Crippen LogP contribution in [0.25, 0.3) is 0 Å². The SMILES string of the molecule is CC.CSC.CSSC.NO.O=C(O)CCCCCCCCCCCCCCCCC(=O)NCCCCC(NP)C(=O)O. The fourth-order valence-corrected chi connectivity index (χ4v) is 4.06. The Morgan fingerprint density at radius 2 is 1.00 bits per heavy atom. The summed E-state index contributed by atoms with van der Waals surface area (Å²) in [6.45, 7) is 4.62. The second-order valence-corrected chi connectivity index (χ2v) is 13.3. The third-order valence-corrected chi connectivity index (χ3v) is 7.69. The van der Waals surface area contributed by atoms with E-state index in [-0.39, 0.29) is 5.91 Å². The van der Waals surface area contributed by atoms with Gasteiger partial charge in [0.15, 0.2) is 0 Å². The predicted molar refractivity (Wildman–Crippen MR) is 196 cm³/mol. The molecule has 9 nitrogen and oxygen atoms in total. The molecule has 0 aliphatic rings. The molecule has 0 saturated heterocycles. The van der Waals surface area contributed by atoms with E-state index in [1.807, 2.05) is 26.4 Å². The lowest BCUT2D eigenvalue weighted by Crippen LogP contribution is -2.30. The monoisotopic (exact) mass is 693 g/mol. The molecule has 0 aliphatic carbocycles. The minimum atomic E-state index is -0.845. The van der Waals surface area contributed by atoms with Crippen molar-refractivity contribution in [2.24, 2.45) is 5.90 Å². The van der Waals surface area contributed by atoms with Crippen LogP contribution in [0.3, 0.4) is 0 Å². The van der Waals surface area contributed by atoms with Gasteiger partial charge in [0.2, 0.25) is 5.91 Å². The number of hydrogen-bond donors (Lipinski definition) is 6. The fourth-order valence-electron chi connectivity index (χ4n) is 3.75. The molecule has 0 aromatic heterocycles. The first-order valence-electron chi connectivity index (χ1n) is 15.7. The maximum absolute atomic E-state index is 11.8. The number of hydrogen-bond acceptors (Lipinski definition) is 9. The lowest BCUT2D eigenvalue weighted by atomic mass is 10.0. The summed E-state index contributed by atoms with van der Waals surface area (Å²) < 4.78 is 0. The summed E-state index contributed by atoms with van der Waals surface area (Å²) in [6.07, 6.45) is 27.7. The number of carbonyl (C=O) groups is 3. The van der Waals surface area contributed by atoms with Crippen LogP contribution in [0.2, 0.25) is 0 Å². The Hall–Kier alpha value is -0.230.